The Labute approximate surface area is 168 Å². The highest BCUT2D eigenvalue weighted by Gasteiger charge is 2.57. The van der Waals surface area contributed by atoms with E-state index in [0.29, 0.717) is 25.1 Å². The number of carbonyl (C=O) groups is 2. The van der Waals surface area contributed by atoms with Crippen LogP contribution in [0.25, 0.3) is 10.8 Å². The minimum atomic E-state index is -0.718. The summed E-state index contributed by atoms with van der Waals surface area (Å²) in [6.45, 7) is 1.02. The molecule has 1 aliphatic carbocycles. The largest absolute Gasteiger partial charge is 0.449 e. The molecule has 144 valence electrons. The van der Waals surface area contributed by atoms with Crippen molar-refractivity contribution >= 4 is 22.6 Å². The zero-order valence-corrected chi connectivity index (χ0v) is 15.9. The van der Waals surface area contributed by atoms with Crippen LogP contribution in [0.3, 0.4) is 0 Å². The highest BCUT2D eigenvalue weighted by Crippen LogP contribution is 2.52. The minimum absolute atomic E-state index is 0.156. The first kappa shape index (κ1) is 16.7. The maximum Gasteiger partial charge on any atom is 0.341 e. The molecule has 3 aromatic rings. The van der Waals surface area contributed by atoms with E-state index in [2.05, 4.69) is 35.3 Å². The van der Waals surface area contributed by atoms with Crippen molar-refractivity contribution in [1.29, 1.82) is 0 Å². The van der Waals surface area contributed by atoms with Crippen molar-refractivity contribution in [3.63, 3.8) is 0 Å². The number of pyridine rings is 1. The number of hydrogen-bond donors (Lipinski definition) is 0. The van der Waals surface area contributed by atoms with Gasteiger partial charge in [0, 0.05) is 30.9 Å². The molecule has 6 rings (SSSR count). The first-order valence-corrected chi connectivity index (χ1v) is 10.1. The molecule has 2 aromatic carbocycles. The van der Waals surface area contributed by atoms with Crippen LogP contribution in [0.2, 0.25) is 0 Å². The zero-order chi connectivity index (χ0) is 19.6. The molecule has 1 spiro atoms. The van der Waals surface area contributed by atoms with E-state index in [0.717, 1.165) is 29.4 Å². The first-order chi connectivity index (χ1) is 14.1. The third-order valence-electron chi connectivity index (χ3n) is 6.80. The van der Waals surface area contributed by atoms with Gasteiger partial charge in [-0.1, -0.05) is 42.5 Å². The van der Waals surface area contributed by atoms with Crippen LogP contribution in [-0.4, -0.2) is 34.8 Å². The Morgan fingerprint density at radius 1 is 1.03 bits per heavy atom. The lowest BCUT2D eigenvalue weighted by atomic mass is 9.91. The van der Waals surface area contributed by atoms with Crippen molar-refractivity contribution in [1.82, 2.24) is 9.88 Å². The van der Waals surface area contributed by atoms with Crippen LogP contribution < -0.4 is 0 Å². The normalized spacial score (nSPS) is 24.0. The van der Waals surface area contributed by atoms with Gasteiger partial charge in [-0.05, 0) is 35.2 Å². The van der Waals surface area contributed by atoms with Crippen LogP contribution in [0, 0.1) is 0 Å². The van der Waals surface area contributed by atoms with E-state index in [4.69, 9.17) is 4.74 Å². The number of likely N-dealkylation sites (tertiary alicyclic amines) is 1. The van der Waals surface area contributed by atoms with Crippen LogP contribution in [0.5, 0.6) is 0 Å². The predicted octanol–water partition coefficient (Wildman–Crippen LogP) is 3.56. The van der Waals surface area contributed by atoms with Crippen LogP contribution >= 0.6 is 0 Å². The molecule has 5 nitrogen and oxygen atoms in total. The Morgan fingerprint density at radius 3 is 2.69 bits per heavy atom. The Balaban J connectivity index is 1.31. The highest BCUT2D eigenvalue weighted by atomic mass is 16.6. The van der Waals surface area contributed by atoms with Gasteiger partial charge in [0.25, 0.3) is 0 Å². The summed E-state index contributed by atoms with van der Waals surface area (Å²) in [4.78, 5) is 31.8. The second-order valence-electron chi connectivity index (χ2n) is 8.43. The summed E-state index contributed by atoms with van der Waals surface area (Å²) in [5.74, 6) is -0.179. The Bertz CT molecular complexity index is 1180. The van der Waals surface area contributed by atoms with Gasteiger partial charge < -0.3 is 9.64 Å². The lowest BCUT2D eigenvalue weighted by molar-refractivity contribution is -0.134. The Hall–Kier alpha value is -3.21. The van der Waals surface area contributed by atoms with Crippen molar-refractivity contribution in [2.24, 2.45) is 0 Å². The highest BCUT2D eigenvalue weighted by molar-refractivity contribution is 5.96. The molecule has 1 saturated heterocycles. The maximum atomic E-state index is 13.6. The van der Waals surface area contributed by atoms with Crippen LogP contribution in [0.15, 0.2) is 60.9 Å². The number of rotatable bonds is 2. The SMILES string of the molecule is O=C1O[C@]2(CCN(C(=O)C3(c4ccc5ccccc5c4)CC3)C2)c2ccncc21. The number of amides is 1. The van der Waals surface area contributed by atoms with Crippen molar-refractivity contribution in [3.8, 4) is 0 Å². The monoisotopic (exact) mass is 384 g/mol. The molecule has 1 saturated carbocycles. The topological polar surface area (TPSA) is 59.5 Å². The summed E-state index contributed by atoms with van der Waals surface area (Å²) in [5.41, 5.74) is 1.33. The molecular weight excluding hydrogens is 364 g/mol. The smallest absolute Gasteiger partial charge is 0.341 e. The van der Waals surface area contributed by atoms with Crippen molar-refractivity contribution in [3.05, 3.63) is 77.6 Å². The third kappa shape index (κ3) is 2.30. The number of nitrogens with zero attached hydrogens (tertiary/aromatic N) is 2. The summed E-state index contributed by atoms with van der Waals surface area (Å²) in [6, 6.07) is 16.4. The van der Waals surface area contributed by atoms with Gasteiger partial charge in [-0.25, -0.2) is 4.79 Å². The summed E-state index contributed by atoms with van der Waals surface area (Å²) in [5, 5.41) is 2.34. The molecule has 1 atom stereocenters. The number of ether oxygens (including phenoxy) is 1. The first-order valence-electron chi connectivity index (χ1n) is 10.1. The number of benzene rings is 2. The maximum absolute atomic E-state index is 13.6. The Kier molecular flexibility index (Phi) is 3.26. The lowest BCUT2D eigenvalue weighted by Gasteiger charge is -2.27. The Morgan fingerprint density at radius 2 is 1.86 bits per heavy atom. The number of carbonyl (C=O) groups excluding carboxylic acids is 2. The van der Waals surface area contributed by atoms with Gasteiger partial charge in [-0.2, -0.15) is 0 Å². The average molecular weight is 384 g/mol. The second kappa shape index (κ2) is 5.66. The average Bonchev–Trinajstić information content (AvgIpc) is 3.39. The molecule has 0 radical (unpaired) electrons. The molecule has 0 N–H and O–H groups in total. The van der Waals surface area contributed by atoms with E-state index >= 15 is 0 Å². The van der Waals surface area contributed by atoms with Gasteiger partial charge >= 0.3 is 5.97 Å². The van der Waals surface area contributed by atoms with Gasteiger partial charge in [0.2, 0.25) is 5.91 Å². The summed E-state index contributed by atoms with van der Waals surface area (Å²) < 4.78 is 5.78. The standard InChI is InChI=1S/C24H20N2O3/c27-21-19-14-25-11-7-20(19)24(29-21)10-12-26(15-24)22(28)23(8-9-23)18-6-5-16-3-1-2-4-17(16)13-18/h1-7,11,13-14H,8-10,12,15H2/t24-/m0/s1. The molecule has 2 fully saturated rings. The van der Waals surface area contributed by atoms with Gasteiger partial charge in [-0.3, -0.25) is 9.78 Å². The van der Waals surface area contributed by atoms with Crippen LogP contribution in [-0.2, 0) is 20.5 Å². The number of esters is 1. The van der Waals surface area contributed by atoms with E-state index in [1.807, 2.05) is 23.1 Å². The molecule has 1 amide bonds. The summed E-state index contributed by atoms with van der Waals surface area (Å²) in [7, 11) is 0. The fourth-order valence-corrected chi connectivity index (χ4v) is 5.04. The van der Waals surface area contributed by atoms with E-state index in [9.17, 15) is 9.59 Å². The quantitative estimate of drug-likeness (QED) is 0.634. The number of fused-ring (bicyclic) bond motifs is 3. The summed E-state index contributed by atoms with van der Waals surface area (Å²) in [6.07, 6.45) is 5.62. The molecule has 3 aliphatic rings. The van der Waals surface area contributed by atoms with E-state index < -0.39 is 11.0 Å². The number of hydrogen-bond acceptors (Lipinski definition) is 4. The minimum Gasteiger partial charge on any atom is -0.449 e. The molecule has 2 aliphatic heterocycles. The van der Waals surface area contributed by atoms with Crippen molar-refractivity contribution < 1.29 is 14.3 Å². The summed E-state index contributed by atoms with van der Waals surface area (Å²) >= 11 is 0. The fourth-order valence-electron chi connectivity index (χ4n) is 5.04. The molecule has 5 heteroatoms. The van der Waals surface area contributed by atoms with Gasteiger partial charge in [-0.15, -0.1) is 0 Å². The van der Waals surface area contributed by atoms with Gasteiger partial charge in [0.1, 0.15) is 0 Å². The fraction of sp³-hybridized carbons (Fsp3) is 0.292. The molecule has 1 aromatic heterocycles. The molecule has 0 bridgehead atoms. The van der Waals surface area contributed by atoms with Crippen LogP contribution in [0.1, 0.15) is 40.7 Å². The van der Waals surface area contributed by atoms with Crippen LogP contribution in [0.4, 0.5) is 0 Å². The van der Waals surface area contributed by atoms with E-state index in [1.165, 1.54) is 5.39 Å². The predicted molar refractivity (Wildman–Crippen MR) is 107 cm³/mol. The van der Waals surface area contributed by atoms with Crippen molar-refractivity contribution in [2.45, 2.75) is 30.3 Å². The molecule has 3 heterocycles. The number of aromatic nitrogens is 1. The zero-order valence-electron chi connectivity index (χ0n) is 15.9. The lowest BCUT2D eigenvalue weighted by Crippen LogP contribution is -2.40. The second-order valence-corrected chi connectivity index (χ2v) is 8.43. The molecule has 0 unspecified atom stereocenters. The molecular formula is C24H20N2O3. The van der Waals surface area contributed by atoms with E-state index in [-0.39, 0.29) is 11.9 Å². The molecule has 29 heavy (non-hydrogen) atoms. The van der Waals surface area contributed by atoms with Gasteiger partial charge in [0.15, 0.2) is 5.60 Å². The van der Waals surface area contributed by atoms with E-state index in [1.54, 1.807) is 12.4 Å². The van der Waals surface area contributed by atoms with Gasteiger partial charge in [0.05, 0.1) is 17.5 Å². The van der Waals surface area contributed by atoms with Crippen molar-refractivity contribution in [2.75, 3.05) is 13.1 Å². The third-order valence-corrected chi connectivity index (χ3v) is 6.80.